The molecule has 0 aromatic carbocycles. The van der Waals surface area contributed by atoms with E-state index in [1.807, 2.05) is 6.20 Å². The number of piperidine rings is 1. The molecule has 0 N–H and O–H groups in total. The SMILES string of the molecule is CC(C)N1CCC(c2ccc(N(C)C)cn2)CC1. The predicted molar refractivity (Wildman–Crippen MR) is 77.2 cm³/mol. The van der Waals surface area contributed by atoms with Crippen molar-refractivity contribution in [1.82, 2.24) is 9.88 Å². The van der Waals surface area contributed by atoms with E-state index in [4.69, 9.17) is 0 Å². The van der Waals surface area contributed by atoms with Crippen molar-refractivity contribution in [2.45, 2.75) is 38.6 Å². The van der Waals surface area contributed by atoms with Crippen LogP contribution in [0.25, 0.3) is 0 Å². The molecule has 18 heavy (non-hydrogen) atoms. The molecule has 0 unspecified atom stereocenters. The van der Waals surface area contributed by atoms with Gasteiger partial charge in [0.15, 0.2) is 0 Å². The average Bonchev–Trinajstić information content (AvgIpc) is 2.39. The summed E-state index contributed by atoms with van der Waals surface area (Å²) in [6, 6.07) is 5.05. The first-order chi connectivity index (χ1) is 8.58. The highest BCUT2D eigenvalue weighted by atomic mass is 15.1. The van der Waals surface area contributed by atoms with Crippen molar-refractivity contribution in [1.29, 1.82) is 0 Å². The maximum absolute atomic E-state index is 4.63. The zero-order valence-corrected chi connectivity index (χ0v) is 12.1. The molecule has 0 radical (unpaired) electrons. The summed E-state index contributed by atoms with van der Waals surface area (Å²) in [4.78, 5) is 9.29. The monoisotopic (exact) mass is 247 g/mol. The third-order valence-electron chi connectivity index (χ3n) is 3.97. The molecule has 1 aromatic rings. The fourth-order valence-electron chi connectivity index (χ4n) is 2.62. The van der Waals surface area contributed by atoms with Gasteiger partial charge in [0.2, 0.25) is 0 Å². The number of rotatable bonds is 3. The Balaban J connectivity index is 1.97. The normalized spacial score (nSPS) is 18.3. The molecule has 1 fully saturated rings. The van der Waals surface area contributed by atoms with Crippen molar-refractivity contribution in [3.8, 4) is 0 Å². The highest BCUT2D eigenvalue weighted by molar-refractivity contribution is 5.42. The first kappa shape index (κ1) is 13.3. The van der Waals surface area contributed by atoms with Gasteiger partial charge in [0.1, 0.15) is 0 Å². The molecule has 0 spiro atoms. The molecule has 0 bridgehead atoms. The Morgan fingerprint density at radius 2 is 1.89 bits per heavy atom. The van der Waals surface area contributed by atoms with E-state index in [0.29, 0.717) is 12.0 Å². The Hall–Kier alpha value is -1.09. The highest BCUT2D eigenvalue weighted by Crippen LogP contribution is 2.28. The van der Waals surface area contributed by atoms with Crippen molar-refractivity contribution in [2.24, 2.45) is 0 Å². The standard InChI is InChI=1S/C15H25N3/c1-12(2)18-9-7-13(8-10-18)15-6-5-14(11-16-15)17(3)4/h5-6,11-13H,7-10H2,1-4H3. The quantitative estimate of drug-likeness (QED) is 0.818. The maximum atomic E-state index is 4.63. The van der Waals surface area contributed by atoms with Crippen LogP contribution in [0, 0.1) is 0 Å². The molecule has 0 amide bonds. The summed E-state index contributed by atoms with van der Waals surface area (Å²) in [6.45, 7) is 6.98. The molecule has 1 aliphatic heterocycles. The van der Waals surface area contributed by atoms with E-state index in [9.17, 15) is 0 Å². The lowest BCUT2D eigenvalue weighted by Gasteiger charge is -2.34. The van der Waals surface area contributed by atoms with Crippen molar-refractivity contribution in [3.05, 3.63) is 24.0 Å². The van der Waals surface area contributed by atoms with Crippen LogP contribution in [0.3, 0.4) is 0 Å². The van der Waals surface area contributed by atoms with Gasteiger partial charge in [0.25, 0.3) is 0 Å². The molecule has 2 heterocycles. The van der Waals surface area contributed by atoms with Crippen LogP contribution in [0.15, 0.2) is 18.3 Å². The zero-order chi connectivity index (χ0) is 13.1. The highest BCUT2D eigenvalue weighted by Gasteiger charge is 2.22. The molecule has 2 rings (SSSR count). The zero-order valence-electron chi connectivity index (χ0n) is 12.1. The minimum atomic E-state index is 0.649. The number of hydrogen-bond donors (Lipinski definition) is 0. The van der Waals surface area contributed by atoms with Gasteiger partial charge in [-0.15, -0.1) is 0 Å². The van der Waals surface area contributed by atoms with Gasteiger partial charge >= 0.3 is 0 Å². The van der Waals surface area contributed by atoms with Crippen LogP contribution in [-0.4, -0.2) is 43.1 Å². The summed E-state index contributed by atoms with van der Waals surface area (Å²) in [5, 5.41) is 0. The van der Waals surface area contributed by atoms with E-state index in [1.54, 1.807) is 0 Å². The second-order valence-electron chi connectivity index (χ2n) is 5.74. The topological polar surface area (TPSA) is 19.4 Å². The van der Waals surface area contributed by atoms with Crippen LogP contribution in [-0.2, 0) is 0 Å². The fraction of sp³-hybridized carbons (Fsp3) is 0.667. The number of pyridine rings is 1. The van der Waals surface area contributed by atoms with E-state index < -0.39 is 0 Å². The summed E-state index contributed by atoms with van der Waals surface area (Å²) >= 11 is 0. The smallest absolute Gasteiger partial charge is 0.0547 e. The largest absolute Gasteiger partial charge is 0.376 e. The van der Waals surface area contributed by atoms with Crippen LogP contribution in [0.1, 0.15) is 38.3 Å². The average molecular weight is 247 g/mol. The summed E-state index contributed by atoms with van der Waals surface area (Å²) in [7, 11) is 4.11. The lowest BCUT2D eigenvalue weighted by atomic mass is 9.92. The number of nitrogens with zero attached hydrogens (tertiary/aromatic N) is 3. The van der Waals surface area contributed by atoms with Crippen molar-refractivity contribution < 1.29 is 0 Å². The number of hydrogen-bond acceptors (Lipinski definition) is 3. The number of aromatic nitrogens is 1. The second kappa shape index (κ2) is 5.70. The summed E-state index contributed by atoms with van der Waals surface area (Å²) in [6.07, 6.45) is 4.48. The van der Waals surface area contributed by atoms with Gasteiger partial charge in [-0.1, -0.05) is 0 Å². The van der Waals surface area contributed by atoms with Crippen molar-refractivity contribution >= 4 is 5.69 Å². The molecule has 1 aliphatic rings. The van der Waals surface area contributed by atoms with Gasteiger partial charge in [0, 0.05) is 31.7 Å². The minimum absolute atomic E-state index is 0.649. The number of likely N-dealkylation sites (tertiary alicyclic amines) is 1. The number of anilines is 1. The molecule has 0 aliphatic carbocycles. The van der Waals surface area contributed by atoms with Crippen LogP contribution < -0.4 is 4.90 Å². The Labute approximate surface area is 111 Å². The van der Waals surface area contributed by atoms with Crippen LogP contribution in [0.5, 0.6) is 0 Å². The van der Waals surface area contributed by atoms with Gasteiger partial charge in [-0.25, -0.2) is 0 Å². The molecular formula is C15H25N3. The third kappa shape index (κ3) is 3.02. The van der Waals surface area contributed by atoms with Crippen molar-refractivity contribution in [3.63, 3.8) is 0 Å². The Bertz CT molecular complexity index is 362. The summed E-state index contributed by atoms with van der Waals surface area (Å²) < 4.78 is 0. The molecule has 1 aromatic heterocycles. The van der Waals surface area contributed by atoms with Crippen LogP contribution in [0.4, 0.5) is 5.69 Å². The van der Waals surface area contributed by atoms with E-state index in [2.05, 4.69) is 54.9 Å². The molecule has 3 heteroatoms. The molecule has 3 nitrogen and oxygen atoms in total. The van der Waals surface area contributed by atoms with Crippen LogP contribution in [0.2, 0.25) is 0 Å². The summed E-state index contributed by atoms with van der Waals surface area (Å²) in [5.41, 5.74) is 2.45. The second-order valence-corrected chi connectivity index (χ2v) is 5.74. The third-order valence-corrected chi connectivity index (χ3v) is 3.97. The Kier molecular flexibility index (Phi) is 4.23. The van der Waals surface area contributed by atoms with Gasteiger partial charge in [-0.3, -0.25) is 4.98 Å². The van der Waals surface area contributed by atoms with Gasteiger partial charge in [-0.2, -0.15) is 0 Å². The predicted octanol–water partition coefficient (Wildman–Crippen LogP) is 2.74. The van der Waals surface area contributed by atoms with E-state index in [-0.39, 0.29) is 0 Å². The molecule has 0 atom stereocenters. The lowest BCUT2D eigenvalue weighted by molar-refractivity contribution is 0.171. The molecular weight excluding hydrogens is 222 g/mol. The van der Waals surface area contributed by atoms with Gasteiger partial charge < -0.3 is 9.80 Å². The Morgan fingerprint density at radius 1 is 1.22 bits per heavy atom. The van der Waals surface area contributed by atoms with Crippen LogP contribution >= 0.6 is 0 Å². The first-order valence-corrected chi connectivity index (χ1v) is 6.95. The minimum Gasteiger partial charge on any atom is -0.376 e. The molecule has 0 saturated carbocycles. The van der Waals surface area contributed by atoms with Gasteiger partial charge in [-0.05, 0) is 51.9 Å². The Morgan fingerprint density at radius 3 is 2.33 bits per heavy atom. The lowest BCUT2D eigenvalue weighted by Crippen LogP contribution is -2.37. The first-order valence-electron chi connectivity index (χ1n) is 6.95. The van der Waals surface area contributed by atoms with E-state index >= 15 is 0 Å². The fourth-order valence-corrected chi connectivity index (χ4v) is 2.62. The maximum Gasteiger partial charge on any atom is 0.0547 e. The van der Waals surface area contributed by atoms with E-state index in [1.165, 1.54) is 37.3 Å². The van der Waals surface area contributed by atoms with E-state index in [0.717, 1.165) is 0 Å². The van der Waals surface area contributed by atoms with Gasteiger partial charge in [0.05, 0.1) is 11.9 Å². The van der Waals surface area contributed by atoms with Crippen molar-refractivity contribution in [2.75, 3.05) is 32.1 Å². The summed E-state index contributed by atoms with van der Waals surface area (Å²) in [5.74, 6) is 0.649. The molecule has 1 saturated heterocycles. The molecule has 100 valence electrons.